The van der Waals surface area contributed by atoms with E-state index in [2.05, 4.69) is 4.98 Å². The van der Waals surface area contributed by atoms with Crippen molar-refractivity contribution in [2.75, 3.05) is 0 Å². The largest absolute Gasteiger partial charge is 0.388 e. The van der Waals surface area contributed by atoms with E-state index in [4.69, 9.17) is 0 Å². The monoisotopic (exact) mass is 249 g/mol. The highest BCUT2D eigenvalue weighted by atomic mass is 19.2. The molecule has 1 unspecified atom stereocenters. The van der Waals surface area contributed by atoms with Gasteiger partial charge >= 0.3 is 0 Å². The van der Waals surface area contributed by atoms with E-state index in [1.165, 1.54) is 12.1 Å². The number of benzene rings is 1. The number of aliphatic hydroxyl groups excluding tert-OH is 1. The molecule has 1 N–H and O–H groups in total. The second kappa shape index (κ2) is 5.69. The summed E-state index contributed by atoms with van der Waals surface area (Å²) in [4.78, 5) is 4.11. The van der Waals surface area contributed by atoms with Crippen LogP contribution in [0.4, 0.5) is 8.78 Å². The molecule has 1 aromatic carbocycles. The maximum Gasteiger partial charge on any atom is 0.164 e. The summed E-state index contributed by atoms with van der Waals surface area (Å²) in [5.74, 6) is -1.92. The summed E-state index contributed by atoms with van der Waals surface area (Å²) in [7, 11) is 0. The topological polar surface area (TPSA) is 33.1 Å². The Morgan fingerprint density at radius 2 is 1.94 bits per heavy atom. The summed E-state index contributed by atoms with van der Waals surface area (Å²) < 4.78 is 26.4. The third-order valence-corrected chi connectivity index (χ3v) is 2.74. The van der Waals surface area contributed by atoms with Gasteiger partial charge in [-0.25, -0.2) is 8.78 Å². The Bertz CT molecular complexity index is 516. The van der Waals surface area contributed by atoms with Crippen LogP contribution in [0, 0.1) is 11.6 Å². The van der Waals surface area contributed by atoms with Gasteiger partial charge in [-0.15, -0.1) is 0 Å². The molecule has 18 heavy (non-hydrogen) atoms. The van der Waals surface area contributed by atoms with Crippen LogP contribution in [0.1, 0.15) is 23.8 Å². The van der Waals surface area contributed by atoms with Crippen LogP contribution in [0.15, 0.2) is 42.6 Å². The van der Waals surface area contributed by atoms with Crippen LogP contribution in [0.5, 0.6) is 0 Å². The minimum Gasteiger partial charge on any atom is -0.388 e. The lowest BCUT2D eigenvalue weighted by atomic mass is 10.0. The van der Waals surface area contributed by atoms with Crippen molar-refractivity contribution in [2.24, 2.45) is 0 Å². The van der Waals surface area contributed by atoms with Gasteiger partial charge in [-0.05, 0) is 31.0 Å². The number of hydrogen-bond donors (Lipinski definition) is 1. The Kier molecular flexibility index (Phi) is 3.99. The van der Waals surface area contributed by atoms with Crippen LogP contribution in [0.2, 0.25) is 0 Å². The maximum atomic E-state index is 13.4. The Balaban J connectivity index is 2.04. The number of aryl methyl sites for hydroxylation is 1. The molecule has 4 heteroatoms. The fourth-order valence-electron chi connectivity index (χ4n) is 1.76. The van der Waals surface area contributed by atoms with Crippen LogP contribution < -0.4 is 0 Å². The lowest BCUT2D eigenvalue weighted by Gasteiger charge is -2.11. The van der Waals surface area contributed by atoms with Gasteiger partial charge in [0.05, 0.1) is 6.10 Å². The number of aromatic nitrogens is 1. The molecule has 0 saturated heterocycles. The van der Waals surface area contributed by atoms with E-state index in [9.17, 15) is 13.9 Å². The van der Waals surface area contributed by atoms with Gasteiger partial charge in [-0.3, -0.25) is 4.98 Å². The first kappa shape index (κ1) is 12.6. The van der Waals surface area contributed by atoms with Crippen molar-refractivity contribution in [1.82, 2.24) is 4.98 Å². The molecule has 2 rings (SSSR count). The molecule has 0 spiro atoms. The van der Waals surface area contributed by atoms with E-state index in [0.717, 1.165) is 11.8 Å². The first-order valence-electron chi connectivity index (χ1n) is 5.70. The zero-order chi connectivity index (χ0) is 13.0. The van der Waals surface area contributed by atoms with Gasteiger partial charge in [0.25, 0.3) is 0 Å². The number of nitrogens with zero attached hydrogens (tertiary/aromatic N) is 1. The molecule has 94 valence electrons. The number of hydrogen-bond acceptors (Lipinski definition) is 2. The predicted molar refractivity (Wildman–Crippen MR) is 63.9 cm³/mol. The van der Waals surface area contributed by atoms with Crippen LogP contribution in [0.25, 0.3) is 0 Å². The fourth-order valence-corrected chi connectivity index (χ4v) is 1.76. The second-order valence-electron chi connectivity index (χ2n) is 4.02. The quantitative estimate of drug-likeness (QED) is 0.903. The van der Waals surface area contributed by atoms with Crippen LogP contribution in [-0.4, -0.2) is 10.1 Å². The average Bonchev–Trinajstić information content (AvgIpc) is 2.40. The molecule has 2 nitrogen and oxygen atoms in total. The highest BCUT2D eigenvalue weighted by Gasteiger charge is 2.15. The summed E-state index contributed by atoms with van der Waals surface area (Å²) in [5, 5.41) is 9.85. The van der Waals surface area contributed by atoms with Crippen molar-refractivity contribution < 1.29 is 13.9 Å². The summed E-state index contributed by atoms with van der Waals surface area (Å²) in [6, 6.07) is 9.28. The van der Waals surface area contributed by atoms with Gasteiger partial charge < -0.3 is 5.11 Å². The molecular weight excluding hydrogens is 236 g/mol. The predicted octanol–water partition coefficient (Wildman–Crippen LogP) is 3.03. The normalized spacial score (nSPS) is 12.4. The third-order valence-electron chi connectivity index (χ3n) is 2.74. The first-order chi connectivity index (χ1) is 8.68. The maximum absolute atomic E-state index is 13.4. The molecule has 1 heterocycles. The zero-order valence-electron chi connectivity index (χ0n) is 9.68. The summed E-state index contributed by atoms with van der Waals surface area (Å²) in [6.07, 6.45) is 1.45. The Morgan fingerprint density at radius 1 is 1.11 bits per heavy atom. The van der Waals surface area contributed by atoms with Crippen molar-refractivity contribution in [3.05, 3.63) is 65.5 Å². The van der Waals surface area contributed by atoms with E-state index in [1.807, 2.05) is 12.1 Å². The van der Waals surface area contributed by atoms with Gasteiger partial charge in [0, 0.05) is 17.5 Å². The molecule has 0 aliphatic rings. The van der Waals surface area contributed by atoms with Crippen molar-refractivity contribution in [3.63, 3.8) is 0 Å². The van der Waals surface area contributed by atoms with E-state index in [0.29, 0.717) is 12.8 Å². The van der Waals surface area contributed by atoms with Crippen molar-refractivity contribution in [2.45, 2.75) is 18.9 Å². The average molecular weight is 249 g/mol. The molecule has 0 amide bonds. The fraction of sp³-hybridized carbons (Fsp3) is 0.214. The third kappa shape index (κ3) is 2.90. The van der Waals surface area contributed by atoms with E-state index < -0.39 is 17.7 Å². The molecule has 0 saturated carbocycles. The Morgan fingerprint density at radius 3 is 2.67 bits per heavy atom. The van der Waals surface area contributed by atoms with Gasteiger partial charge in [0.2, 0.25) is 0 Å². The van der Waals surface area contributed by atoms with Gasteiger partial charge in [-0.1, -0.05) is 18.2 Å². The van der Waals surface area contributed by atoms with Crippen molar-refractivity contribution in [1.29, 1.82) is 0 Å². The Hall–Kier alpha value is -1.81. The molecule has 0 bridgehead atoms. The Labute approximate surface area is 104 Å². The summed E-state index contributed by atoms with van der Waals surface area (Å²) >= 11 is 0. The SMILES string of the molecule is OC(CCc1ccccn1)c1cccc(F)c1F. The number of aliphatic hydroxyl groups is 1. The van der Waals surface area contributed by atoms with Crippen LogP contribution in [0.3, 0.4) is 0 Å². The summed E-state index contributed by atoms with van der Waals surface area (Å²) in [5.41, 5.74) is 0.805. The minimum absolute atomic E-state index is 0.00840. The molecule has 2 aromatic rings. The smallest absolute Gasteiger partial charge is 0.164 e. The molecule has 0 aliphatic heterocycles. The van der Waals surface area contributed by atoms with E-state index in [1.54, 1.807) is 12.3 Å². The number of halogens is 2. The molecular formula is C14H13F2NO. The molecule has 0 radical (unpaired) electrons. The lowest BCUT2D eigenvalue weighted by Crippen LogP contribution is -2.04. The van der Waals surface area contributed by atoms with Crippen molar-refractivity contribution in [3.8, 4) is 0 Å². The second-order valence-corrected chi connectivity index (χ2v) is 4.02. The van der Waals surface area contributed by atoms with E-state index >= 15 is 0 Å². The van der Waals surface area contributed by atoms with Crippen LogP contribution >= 0.6 is 0 Å². The van der Waals surface area contributed by atoms with E-state index in [-0.39, 0.29) is 5.56 Å². The first-order valence-corrected chi connectivity index (χ1v) is 5.70. The molecule has 0 fully saturated rings. The van der Waals surface area contributed by atoms with Gasteiger partial charge in [0.1, 0.15) is 0 Å². The minimum atomic E-state index is -1.03. The lowest BCUT2D eigenvalue weighted by molar-refractivity contribution is 0.161. The molecule has 1 aromatic heterocycles. The highest BCUT2D eigenvalue weighted by Crippen LogP contribution is 2.22. The number of rotatable bonds is 4. The molecule has 0 aliphatic carbocycles. The zero-order valence-corrected chi connectivity index (χ0v) is 9.68. The summed E-state index contributed by atoms with van der Waals surface area (Å²) in [6.45, 7) is 0. The van der Waals surface area contributed by atoms with Crippen LogP contribution in [-0.2, 0) is 6.42 Å². The van der Waals surface area contributed by atoms with Gasteiger partial charge in [0.15, 0.2) is 11.6 Å². The standard InChI is InChI=1S/C14H13F2NO/c15-12-6-3-5-11(14(12)16)13(18)8-7-10-4-1-2-9-17-10/h1-6,9,13,18H,7-8H2. The van der Waals surface area contributed by atoms with Gasteiger partial charge in [-0.2, -0.15) is 0 Å². The molecule has 1 atom stereocenters. The van der Waals surface area contributed by atoms with Crippen molar-refractivity contribution >= 4 is 0 Å². The number of pyridine rings is 1. The highest BCUT2D eigenvalue weighted by molar-refractivity contribution is 5.21.